The van der Waals surface area contributed by atoms with Crippen molar-refractivity contribution in [3.05, 3.63) is 27.6 Å². The monoisotopic (exact) mass is 333 g/mol. The Hall–Kier alpha value is -1.69. The third kappa shape index (κ3) is 3.80. The number of hydrogen-bond acceptors (Lipinski definition) is 4. The van der Waals surface area contributed by atoms with Crippen LogP contribution in [0.2, 0.25) is 0 Å². The molecule has 2 heterocycles. The number of nitrogens with zero attached hydrogens (tertiary/aromatic N) is 2. The van der Waals surface area contributed by atoms with Crippen molar-refractivity contribution < 1.29 is 4.79 Å². The van der Waals surface area contributed by atoms with Gasteiger partial charge in [0.1, 0.15) is 4.83 Å². The van der Waals surface area contributed by atoms with E-state index >= 15 is 0 Å². The van der Waals surface area contributed by atoms with Gasteiger partial charge in [-0.3, -0.25) is 14.2 Å². The van der Waals surface area contributed by atoms with Crippen LogP contribution in [-0.4, -0.2) is 21.5 Å². The van der Waals surface area contributed by atoms with E-state index in [1.165, 1.54) is 19.3 Å². The first-order valence-electron chi connectivity index (χ1n) is 8.44. The van der Waals surface area contributed by atoms with E-state index in [4.69, 9.17) is 0 Å². The third-order valence-corrected chi connectivity index (χ3v) is 5.66. The summed E-state index contributed by atoms with van der Waals surface area (Å²) in [5.74, 6) is 0.0310. The average Bonchev–Trinajstić information content (AvgIpc) is 2.99. The third-order valence-electron chi connectivity index (χ3n) is 4.47. The van der Waals surface area contributed by atoms with Crippen molar-refractivity contribution in [3.8, 4) is 0 Å². The Balaban J connectivity index is 1.63. The zero-order valence-electron chi connectivity index (χ0n) is 13.5. The fourth-order valence-electron chi connectivity index (χ4n) is 3.11. The molecular formula is C17H23N3O2S. The van der Waals surface area contributed by atoms with Crippen molar-refractivity contribution in [3.63, 3.8) is 0 Å². The van der Waals surface area contributed by atoms with Gasteiger partial charge < -0.3 is 5.32 Å². The van der Waals surface area contributed by atoms with Gasteiger partial charge in [0.25, 0.3) is 5.56 Å². The Bertz CT molecular complexity index is 744. The summed E-state index contributed by atoms with van der Waals surface area (Å²) >= 11 is 1.56. The summed E-state index contributed by atoms with van der Waals surface area (Å²) < 4.78 is 1.55. The number of carbonyl (C=O) groups excluding carboxylic acids is 1. The first kappa shape index (κ1) is 16.2. The van der Waals surface area contributed by atoms with Gasteiger partial charge in [0.2, 0.25) is 5.91 Å². The van der Waals surface area contributed by atoms with Gasteiger partial charge in [-0.15, -0.1) is 11.3 Å². The number of thiophene rings is 1. The van der Waals surface area contributed by atoms with E-state index in [-0.39, 0.29) is 11.5 Å². The molecule has 0 bridgehead atoms. The zero-order chi connectivity index (χ0) is 16.2. The standard InChI is InChI=1S/C17H23N3O2S/c1-2-13-10-14-16(23-13)18-11-20(17(14)22)9-8-15(21)19-12-6-4-3-5-7-12/h10-12H,2-9H2,1H3,(H,19,21). The van der Waals surface area contributed by atoms with Gasteiger partial charge in [0.15, 0.2) is 0 Å². The highest BCUT2D eigenvalue weighted by atomic mass is 32.1. The molecule has 0 spiro atoms. The van der Waals surface area contributed by atoms with Gasteiger partial charge in [-0.1, -0.05) is 26.2 Å². The minimum Gasteiger partial charge on any atom is -0.353 e. The van der Waals surface area contributed by atoms with Crippen molar-refractivity contribution in [2.45, 2.75) is 64.5 Å². The molecule has 1 aliphatic carbocycles. The molecule has 3 rings (SSSR count). The van der Waals surface area contributed by atoms with Crippen LogP contribution in [0.25, 0.3) is 10.2 Å². The molecule has 0 unspecified atom stereocenters. The van der Waals surface area contributed by atoms with E-state index in [1.807, 2.05) is 6.07 Å². The summed E-state index contributed by atoms with van der Waals surface area (Å²) in [6.07, 6.45) is 8.62. The van der Waals surface area contributed by atoms with Crippen molar-refractivity contribution in [2.24, 2.45) is 0 Å². The molecule has 1 aliphatic rings. The van der Waals surface area contributed by atoms with Crippen LogP contribution in [0, 0.1) is 0 Å². The molecule has 2 aromatic heterocycles. The molecule has 0 atom stereocenters. The fraction of sp³-hybridized carbons (Fsp3) is 0.588. The number of carbonyl (C=O) groups is 1. The lowest BCUT2D eigenvalue weighted by molar-refractivity contribution is -0.122. The first-order valence-corrected chi connectivity index (χ1v) is 9.26. The number of aromatic nitrogens is 2. The topological polar surface area (TPSA) is 64.0 Å². The molecule has 2 aromatic rings. The second kappa shape index (κ2) is 7.25. The fourth-order valence-corrected chi connectivity index (χ4v) is 4.04. The molecule has 6 heteroatoms. The highest BCUT2D eigenvalue weighted by Crippen LogP contribution is 2.21. The van der Waals surface area contributed by atoms with Gasteiger partial charge in [0.05, 0.1) is 11.7 Å². The van der Waals surface area contributed by atoms with E-state index in [1.54, 1.807) is 22.2 Å². The van der Waals surface area contributed by atoms with Crippen LogP contribution in [-0.2, 0) is 17.8 Å². The molecule has 0 aliphatic heterocycles. The molecule has 1 saturated carbocycles. The lowest BCUT2D eigenvalue weighted by Crippen LogP contribution is -2.37. The summed E-state index contributed by atoms with van der Waals surface area (Å²) in [7, 11) is 0. The molecule has 1 fully saturated rings. The molecule has 0 aromatic carbocycles. The van der Waals surface area contributed by atoms with Crippen LogP contribution in [0.1, 0.15) is 50.3 Å². The van der Waals surface area contributed by atoms with Crippen LogP contribution < -0.4 is 10.9 Å². The molecular weight excluding hydrogens is 310 g/mol. The summed E-state index contributed by atoms with van der Waals surface area (Å²) in [5.41, 5.74) is -0.0450. The van der Waals surface area contributed by atoms with E-state index in [2.05, 4.69) is 17.2 Å². The Morgan fingerprint density at radius 3 is 2.91 bits per heavy atom. The number of hydrogen-bond donors (Lipinski definition) is 1. The molecule has 124 valence electrons. The van der Waals surface area contributed by atoms with E-state index in [0.29, 0.717) is 24.4 Å². The number of fused-ring (bicyclic) bond motifs is 1. The minimum absolute atomic E-state index is 0.0310. The maximum absolute atomic E-state index is 12.5. The highest BCUT2D eigenvalue weighted by molar-refractivity contribution is 7.18. The van der Waals surface area contributed by atoms with E-state index in [9.17, 15) is 9.59 Å². The van der Waals surface area contributed by atoms with Crippen LogP contribution in [0.5, 0.6) is 0 Å². The van der Waals surface area contributed by atoms with Crippen LogP contribution in [0.4, 0.5) is 0 Å². The van der Waals surface area contributed by atoms with Gasteiger partial charge in [0, 0.05) is 23.9 Å². The summed E-state index contributed by atoms with van der Waals surface area (Å²) in [4.78, 5) is 30.8. The molecule has 1 N–H and O–H groups in total. The number of aryl methyl sites for hydroxylation is 2. The first-order chi connectivity index (χ1) is 11.2. The molecule has 1 amide bonds. The summed E-state index contributed by atoms with van der Waals surface area (Å²) in [5, 5.41) is 3.75. The van der Waals surface area contributed by atoms with Gasteiger partial charge >= 0.3 is 0 Å². The smallest absolute Gasteiger partial charge is 0.262 e. The highest BCUT2D eigenvalue weighted by Gasteiger charge is 2.16. The van der Waals surface area contributed by atoms with Crippen LogP contribution in [0.15, 0.2) is 17.2 Å². The maximum Gasteiger partial charge on any atom is 0.262 e. The van der Waals surface area contributed by atoms with Crippen molar-refractivity contribution >= 4 is 27.5 Å². The predicted molar refractivity (Wildman–Crippen MR) is 92.9 cm³/mol. The number of amides is 1. The molecule has 0 saturated heterocycles. The van der Waals surface area contributed by atoms with Gasteiger partial charge in [-0.25, -0.2) is 4.98 Å². The van der Waals surface area contributed by atoms with Crippen LogP contribution >= 0.6 is 11.3 Å². The number of rotatable bonds is 5. The number of nitrogens with one attached hydrogen (secondary N) is 1. The minimum atomic E-state index is -0.0450. The van der Waals surface area contributed by atoms with Gasteiger partial charge in [-0.05, 0) is 25.3 Å². The Labute approximate surface area is 139 Å². The maximum atomic E-state index is 12.5. The summed E-state index contributed by atoms with van der Waals surface area (Å²) in [6, 6.07) is 2.24. The molecule has 5 nitrogen and oxygen atoms in total. The SMILES string of the molecule is CCc1cc2c(=O)n(CCC(=O)NC3CCCCC3)cnc2s1. The second-order valence-electron chi connectivity index (χ2n) is 6.18. The van der Waals surface area contributed by atoms with Crippen molar-refractivity contribution in [1.82, 2.24) is 14.9 Å². The lowest BCUT2D eigenvalue weighted by Gasteiger charge is -2.22. The summed E-state index contributed by atoms with van der Waals surface area (Å²) in [6.45, 7) is 2.45. The van der Waals surface area contributed by atoms with E-state index < -0.39 is 0 Å². The second-order valence-corrected chi connectivity index (χ2v) is 7.30. The van der Waals surface area contributed by atoms with Crippen molar-refractivity contribution in [2.75, 3.05) is 0 Å². The van der Waals surface area contributed by atoms with E-state index in [0.717, 1.165) is 29.0 Å². The predicted octanol–water partition coefficient (Wildman–Crippen LogP) is 2.86. The van der Waals surface area contributed by atoms with Gasteiger partial charge in [-0.2, -0.15) is 0 Å². The normalized spacial score (nSPS) is 15.9. The Morgan fingerprint density at radius 2 is 2.17 bits per heavy atom. The van der Waals surface area contributed by atoms with Crippen LogP contribution in [0.3, 0.4) is 0 Å². The lowest BCUT2D eigenvalue weighted by atomic mass is 9.95. The largest absolute Gasteiger partial charge is 0.353 e. The van der Waals surface area contributed by atoms with Crippen molar-refractivity contribution in [1.29, 1.82) is 0 Å². The zero-order valence-corrected chi connectivity index (χ0v) is 14.3. The quantitative estimate of drug-likeness (QED) is 0.915. The average molecular weight is 333 g/mol. The molecule has 23 heavy (non-hydrogen) atoms. The Kier molecular flexibility index (Phi) is 5.10. The molecule has 0 radical (unpaired) electrons. The Morgan fingerprint density at radius 1 is 1.39 bits per heavy atom.